The van der Waals surface area contributed by atoms with Gasteiger partial charge in [-0.25, -0.2) is 0 Å². The summed E-state index contributed by atoms with van der Waals surface area (Å²) in [7, 11) is 0. The summed E-state index contributed by atoms with van der Waals surface area (Å²) in [5.74, 6) is -0.583. The van der Waals surface area contributed by atoms with Gasteiger partial charge in [-0.2, -0.15) is 0 Å². The zero-order chi connectivity index (χ0) is 46.7. The number of amides is 1. The van der Waals surface area contributed by atoms with E-state index in [1.165, 1.54) is 250 Å². The van der Waals surface area contributed by atoms with E-state index in [0.29, 0.717) is 12.8 Å². The Morgan fingerprint density at radius 2 is 0.625 bits per heavy atom. The lowest BCUT2D eigenvalue weighted by Crippen LogP contribution is -2.53. The van der Waals surface area contributed by atoms with Gasteiger partial charge in [0.2, 0.25) is 5.91 Å². The monoisotopic (exact) mass is 906 g/mol. The van der Waals surface area contributed by atoms with Gasteiger partial charge in [0.1, 0.15) is 12.2 Å². The first kappa shape index (κ1) is 63.0. The van der Waals surface area contributed by atoms with Crippen molar-refractivity contribution in [2.45, 2.75) is 346 Å². The number of carbonyl (C=O) groups is 1. The molecule has 4 atom stereocenters. The molecule has 5 N–H and O–H groups in total. The van der Waals surface area contributed by atoms with Gasteiger partial charge >= 0.3 is 0 Å². The molecule has 0 fully saturated rings. The quantitative estimate of drug-likeness (QED) is 0.0308. The van der Waals surface area contributed by atoms with Crippen molar-refractivity contribution in [3.63, 3.8) is 0 Å². The molecule has 4 unspecified atom stereocenters. The highest BCUT2D eigenvalue weighted by atomic mass is 16.3. The zero-order valence-electron chi connectivity index (χ0n) is 43.3. The molecule has 0 heterocycles. The number of rotatable bonds is 54. The van der Waals surface area contributed by atoms with Gasteiger partial charge in [-0.15, -0.1) is 0 Å². The Kier molecular flexibility index (Phi) is 52.2. The second kappa shape index (κ2) is 53.0. The minimum absolute atomic E-state index is 0.365. The van der Waals surface area contributed by atoms with E-state index in [-0.39, 0.29) is 0 Å². The molecule has 0 radical (unpaired) electrons. The first-order valence-electron chi connectivity index (χ1n) is 29.1. The molecule has 0 aromatic rings. The number of unbranched alkanes of at least 4 members (excludes halogenated alkanes) is 43. The maximum absolute atomic E-state index is 12.6. The van der Waals surface area contributed by atoms with Crippen molar-refractivity contribution in [1.29, 1.82) is 0 Å². The van der Waals surface area contributed by atoms with Crippen LogP contribution >= 0.6 is 0 Å². The lowest BCUT2D eigenvalue weighted by molar-refractivity contribution is -0.132. The normalized spacial score (nSPS) is 13.8. The second-order valence-electron chi connectivity index (χ2n) is 20.3. The van der Waals surface area contributed by atoms with Crippen LogP contribution in [-0.4, -0.2) is 57.3 Å². The summed E-state index contributed by atoms with van der Waals surface area (Å²) in [5, 5.41) is 44.0. The van der Waals surface area contributed by atoms with Gasteiger partial charge in [0.25, 0.3) is 0 Å². The summed E-state index contributed by atoms with van der Waals surface area (Å²) in [6.07, 6.45) is 62.8. The maximum atomic E-state index is 12.6. The minimum atomic E-state index is -1.26. The smallest absolute Gasteiger partial charge is 0.249 e. The summed E-state index contributed by atoms with van der Waals surface area (Å²) in [5.41, 5.74) is 0. The average Bonchev–Trinajstić information content (AvgIpc) is 3.30. The largest absolute Gasteiger partial charge is 0.394 e. The predicted molar refractivity (Wildman–Crippen MR) is 279 cm³/mol. The minimum Gasteiger partial charge on any atom is -0.394 e. The first-order chi connectivity index (χ1) is 31.5. The van der Waals surface area contributed by atoms with Crippen LogP contribution in [0.2, 0.25) is 0 Å². The Morgan fingerprint density at radius 3 is 0.906 bits per heavy atom. The molecule has 0 aromatic heterocycles. The lowest BCUT2D eigenvalue weighted by atomic mass is 9.99. The van der Waals surface area contributed by atoms with Crippen molar-refractivity contribution in [1.82, 2.24) is 5.32 Å². The highest BCUT2D eigenvalue weighted by molar-refractivity contribution is 5.80. The molecule has 0 aromatic carbocycles. The molecular weight excluding hydrogens is 791 g/mol. The van der Waals surface area contributed by atoms with Crippen molar-refractivity contribution in [3.05, 3.63) is 12.2 Å². The van der Waals surface area contributed by atoms with Crippen LogP contribution in [0.4, 0.5) is 0 Å². The van der Waals surface area contributed by atoms with Gasteiger partial charge in [0, 0.05) is 0 Å². The van der Waals surface area contributed by atoms with Crippen LogP contribution in [0.25, 0.3) is 0 Å². The van der Waals surface area contributed by atoms with E-state index >= 15 is 0 Å². The van der Waals surface area contributed by atoms with Crippen LogP contribution < -0.4 is 5.32 Å². The standard InChI is InChI=1S/C58H115NO5/c1-3-5-7-9-11-13-15-17-19-21-23-25-26-27-28-29-30-32-33-35-37-39-41-43-45-47-49-51-55(61)57(63)54(53-60)59-58(64)56(62)52-50-48-46-44-42-40-38-36-34-31-24-22-20-18-16-14-12-10-8-6-4-2/h34,36,54-57,60-63H,3-33,35,37-53H2,1-2H3,(H,59,64)/b36-34-. The van der Waals surface area contributed by atoms with Gasteiger partial charge in [0.15, 0.2) is 0 Å². The third-order valence-electron chi connectivity index (χ3n) is 14.0. The fourth-order valence-electron chi connectivity index (χ4n) is 9.40. The van der Waals surface area contributed by atoms with Crippen LogP contribution in [0.3, 0.4) is 0 Å². The van der Waals surface area contributed by atoms with Crippen LogP contribution in [0.15, 0.2) is 12.2 Å². The molecular formula is C58H115NO5. The van der Waals surface area contributed by atoms with Crippen LogP contribution in [-0.2, 0) is 4.79 Å². The molecule has 6 heteroatoms. The second-order valence-corrected chi connectivity index (χ2v) is 20.3. The van der Waals surface area contributed by atoms with E-state index in [1.807, 2.05) is 0 Å². The van der Waals surface area contributed by atoms with Crippen molar-refractivity contribution < 1.29 is 25.2 Å². The van der Waals surface area contributed by atoms with Crippen molar-refractivity contribution in [3.8, 4) is 0 Å². The summed E-state index contributed by atoms with van der Waals surface area (Å²) >= 11 is 0. The molecule has 0 saturated carbocycles. The van der Waals surface area contributed by atoms with E-state index in [9.17, 15) is 25.2 Å². The highest BCUT2D eigenvalue weighted by Gasteiger charge is 2.28. The van der Waals surface area contributed by atoms with Crippen LogP contribution in [0.1, 0.15) is 322 Å². The van der Waals surface area contributed by atoms with Crippen LogP contribution in [0.5, 0.6) is 0 Å². The molecule has 0 aliphatic heterocycles. The van der Waals surface area contributed by atoms with E-state index in [2.05, 4.69) is 31.3 Å². The fraction of sp³-hybridized carbons (Fsp3) is 0.948. The number of carbonyl (C=O) groups excluding carboxylic acids is 1. The molecule has 0 bridgehead atoms. The van der Waals surface area contributed by atoms with Gasteiger partial charge in [-0.3, -0.25) is 4.79 Å². The fourth-order valence-corrected chi connectivity index (χ4v) is 9.40. The highest BCUT2D eigenvalue weighted by Crippen LogP contribution is 2.18. The Balaban J connectivity index is 3.60. The van der Waals surface area contributed by atoms with Gasteiger partial charge in [-0.1, -0.05) is 296 Å². The number of aliphatic hydroxyl groups excluding tert-OH is 4. The van der Waals surface area contributed by atoms with Gasteiger partial charge in [-0.05, 0) is 38.5 Å². The van der Waals surface area contributed by atoms with Crippen molar-refractivity contribution in [2.75, 3.05) is 6.61 Å². The SMILES string of the molecule is CCCCCCCCCCCCC/C=C\CCCCCCCCC(O)C(=O)NC(CO)C(O)C(O)CCCCCCCCCCCCCCCCCCCCCCCCCCCCC. The van der Waals surface area contributed by atoms with E-state index in [1.54, 1.807) is 0 Å². The Morgan fingerprint density at radius 1 is 0.375 bits per heavy atom. The van der Waals surface area contributed by atoms with Crippen molar-refractivity contribution >= 4 is 5.91 Å². The number of hydrogen-bond donors (Lipinski definition) is 5. The third-order valence-corrected chi connectivity index (χ3v) is 14.0. The molecule has 0 saturated heterocycles. The molecule has 1 amide bonds. The Bertz CT molecular complexity index is 928. The number of aliphatic hydroxyl groups is 4. The van der Waals surface area contributed by atoms with E-state index in [4.69, 9.17) is 0 Å². The third kappa shape index (κ3) is 46.2. The molecule has 6 nitrogen and oxygen atoms in total. The Labute approximate surface area is 400 Å². The molecule has 0 aliphatic rings. The van der Waals surface area contributed by atoms with E-state index < -0.39 is 36.9 Å². The molecule has 64 heavy (non-hydrogen) atoms. The molecule has 0 spiro atoms. The number of nitrogens with one attached hydrogen (secondary N) is 1. The van der Waals surface area contributed by atoms with Gasteiger partial charge < -0.3 is 25.7 Å². The summed E-state index contributed by atoms with van der Waals surface area (Å²) in [6.45, 7) is 4.09. The van der Waals surface area contributed by atoms with Gasteiger partial charge in [0.05, 0.1) is 18.8 Å². The maximum Gasteiger partial charge on any atom is 0.249 e. The average molecular weight is 907 g/mol. The molecule has 382 valence electrons. The summed E-state index contributed by atoms with van der Waals surface area (Å²) < 4.78 is 0. The van der Waals surface area contributed by atoms with E-state index in [0.717, 1.165) is 44.9 Å². The first-order valence-corrected chi connectivity index (χ1v) is 29.1. The van der Waals surface area contributed by atoms with Crippen LogP contribution in [0, 0.1) is 0 Å². The topological polar surface area (TPSA) is 110 Å². The zero-order valence-corrected chi connectivity index (χ0v) is 43.3. The summed E-state index contributed by atoms with van der Waals surface area (Å²) in [6, 6.07) is -0.986. The lowest BCUT2D eigenvalue weighted by Gasteiger charge is -2.27. The van der Waals surface area contributed by atoms with Crippen molar-refractivity contribution in [2.24, 2.45) is 0 Å². The summed E-state index contributed by atoms with van der Waals surface area (Å²) in [4.78, 5) is 12.6. The molecule has 0 aliphatic carbocycles. The number of hydrogen-bond acceptors (Lipinski definition) is 5. The molecule has 0 rings (SSSR count). The Hall–Kier alpha value is -0.950. The number of allylic oxidation sites excluding steroid dienone is 2. The predicted octanol–water partition coefficient (Wildman–Crippen LogP) is 16.9.